The molecule has 0 aliphatic rings. The van der Waals surface area contributed by atoms with Crippen LogP contribution in [-0.4, -0.2) is 16.9 Å². The molecule has 1 amide bonds. The fraction of sp³-hybridized carbons (Fsp3) is 0.250. The Bertz CT molecular complexity index is 639. The van der Waals surface area contributed by atoms with E-state index in [-0.39, 0.29) is 11.7 Å². The highest BCUT2D eigenvalue weighted by atomic mass is 19.1. The summed E-state index contributed by atoms with van der Waals surface area (Å²) in [5.41, 5.74) is 0.386. The zero-order valence-corrected chi connectivity index (χ0v) is 12.4. The zero-order chi connectivity index (χ0) is 16.1. The van der Waals surface area contributed by atoms with Crippen LogP contribution >= 0.6 is 0 Å². The molecule has 6 heteroatoms. The number of carbonyl (C=O) groups is 1. The van der Waals surface area contributed by atoms with Crippen LogP contribution in [0, 0.1) is 11.6 Å². The van der Waals surface area contributed by atoms with Gasteiger partial charge in [-0.2, -0.15) is 0 Å². The minimum absolute atomic E-state index is 0.0809. The van der Waals surface area contributed by atoms with Gasteiger partial charge in [-0.15, -0.1) is 0 Å². The van der Waals surface area contributed by atoms with Gasteiger partial charge in [0, 0.05) is 6.04 Å². The highest BCUT2D eigenvalue weighted by Crippen LogP contribution is 2.19. The van der Waals surface area contributed by atoms with E-state index in [0.717, 1.165) is 24.2 Å². The van der Waals surface area contributed by atoms with Gasteiger partial charge in [-0.05, 0) is 37.6 Å². The molecule has 1 aromatic heterocycles. The molecular formula is C16H17F2N3O. The number of carbonyl (C=O) groups excluding carboxylic acids is 1. The molecule has 0 aliphatic carbocycles. The van der Waals surface area contributed by atoms with E-state index >= 15 is 0 Å². The summed E-state index contributed by atoms with van der Waals surface area (Å²) < 4.78 is 27.0. The Labute approximate surface area is 127 Å². The first kappa shape index (κ1) is 15.9. The number of halogens is 2. The van der Waals surface area contributed by atoms with E-state index < -0.39 is 23.2 Å². The largest absolute Gasteiger partial charge is 0.381 e. The maximum absolute atomic E-state index is 13.5. The fourth-order valence-corrected chi connectivity index (χ4v) is 1.79. The zero-order valence-electron chi connectivity index (χ0n) is 12.4. The molecule has 0 aliphatic heterocycles. The first-order valence-electron chi connectivity index (χ1n) is 6.99. The number of aromatic nitrogens is 1. The Hall–Kier alpha value is -2.50. The van der Waals surface area contributed by atoms with E-state index in [0.29, 0.717) is 0 Å². The van der Waals surface area contributed by atoms with Gasteiger partial charge in [-0.3, -0.25) is 4.79 Å². The average Bonchev–Trinajstić information content (AvgIpc) is 2.51. The lowest BCUT2D eigenvalue weighted by atomic mass is 10.2. The van der Waals surface area contributed by atoms with Gasteiger partial charge in [-0.1, -0.05) is 13.0 Å². The van der Waals surface area contributed by atoms with Crippen LogP contribution in [0.3, 0.4) is 0 Å². The van der Waals surface area contributed by atoms with E-state index in [2.05, 4.69) is 22.5 Å². The maximum Gasteiger partial charge on any atom is 0.274 e. The van der Waals surface area contributed by atoms with Crippen molar-refractivity contribution in [1.82, 2.24) is 4.98 Å². The highest BCUT2D eigenvalue weighted by Gasteiger charge is 2.14. The van der Waals surface area contributed by atoms with E-state index in [4.69, 9.17) is 0 Å². The summed E-state index contributed by atoms with van der Waals surface area (Å²) >= 11 is 0. The van der Waals surface area contributed by atoms with E-state index in [1.165, 1.54) is 18.3 Å². The number of nitrogens with one attached hydrogen (secondary N) is 2. The lowest BCUT2D eigenvalue weighted by Gasteiger charge is -2.12. The Morgan fingerprint density at radius 1 is 1.23 bits per heavy atom. The smallest absolute Gasteiger partial charge is 0.274 e. The standard InChI is InChI=1S/C16H17F2N3O/c1-3-10(2)20-11-7-8-14(19-9-11)16(22)21-15-12(17)5-4-6-13(15)18/h4-10,20H,3H2,1-2H3,(H,21,22). The molecule has 2 aromatic rings. The van der Waals surface area contributed by atoms with E-state index in [1.807, 2.05) is 6.92 Å². The number of nitrogens with zero attached hydrogens (tertiary/aromatic N) is 1. The summed E-state index contributed by atoms with van der Waals surface area (Å²) in [5, 5.41) is 5.41. The molecule has 1 heterocycles. The van der Waals surface area contributed by atoms with Crippen LogP contribution in [0.5, 0.6) is 0 Å². The third-order valence-corrected chi connectivity index (χ3v) is 3.22. The minimum Gasteiger partial charge on any atom is -0.381 e. The van der Waals surface area contributed by atoms with E-state index in [9.17, 15) is 13.6 Å². The van der Waals surface area contributed by atoms with Crippen LogP contribution in [0.4, 0.5) is 20.2 Å². The molecule has 0 spiro atoms. The Morgan fingerprint density at radius 2 is 1.91 bits per heavy atom. The quantitative estimate of drug-likeness (QED) is 0.883. The Balaban J connectivity index is 2.10. The van der Waals surface area contributed by atoms with Gasteiger partial charge in [0.25, 0.3) is 5.91 Å². The Kier molecular flexibility index (Phi) is 5.04. The van der Waals surface area contributed by atoms with Gasteiger partial charge in [0.15, 0.2) is 0 Å². The molecule has 2 N–H and O–H groups in total. The second-order valence-electron chi connectivity index (χ2n) is 4.94. The van der Waals surface area contributed by atoms with Crippen molar-refractivity contribution in [3.05, 3.63) is 53.9 Å². The van der Waals surface area contributed by atoms with Crippen LogP contribution < -0.4 is 10.6 Å². The molecule has 2 rings (SSSR count). The lowest BCUT2D eigenvalue weighted by molar-refractivity contribution is 0.102. The van der Waals surface area contributed by atoms with Crippen molar-refractivity contribution in [1.29, 1.82) is 0 Å². The predicted molar refractivity (Wildman–Crippen MR) is 81.9 cm³/mol. The van der Waals surface area contributed by atoms with Gasteiger partial charge in [-0.25, -0.2) is 13.8 Å². The van der Waals surface area contributed by atoms with Crippen LogP contribution in [0.25, 0.3) is 0 Å². The number of hydrogen-bond acceptors (Lipinski definition) is 3. The molecule has 0 bridgehead atoms. The molecule has 4 nitrogen and oxygen atoms in total. The number of benzene rings is 1. The molecule has 0 radical (unpaired) electrons. The van der Waals surface area contributed by atoms with Crippen LogP contribution in [0.1, 0.15) is 30.8 Å². The summed E-state index contributed by atoms with van der Waals surface area (Å²) in [6, 6.07) is 6.86. The van der Waals surface area contributed by atoms with Gasteiger partial charge in [0.05, 0.1) is 11.9 Å². The topological polar surface area (TPSA) is 54.0 Å². The number of para-hydroxylation sites is 1. The summed E-state index contributed by atoms with van der Waals surface area (Å²) in [4.78, 5) is 16.0. The fourth-order valence-electron chi connectivity index (χ4n) is 1.79. The second kappa shape index (κ2) is 6.98. The summed E-state index contributed by atoms with van der Waals surface area (Å²) in [5.74, 6) is -2.33. The van der Waals surface area contributed by atoms with Gasteiger partial charge in [0.2, 0.25) is 0 Å². The molecular weight excluding hydrogens is 288 g/mol. The average molecular weight is 305 g/mol. The summed E-state index contributed by atoms with van der Waals surface area (Å²) in [6.07, 6.45) is 2.47. The molecule has 0 saturated carbocycles. The molecule has 1 atom stereocenters. The third kappa shape index (κ3) is 3.78. The monoisotopic (exact) mass is 305 g/mol. The molecule has 1 unspecified atom stereocenters. The molecule has 0 saturated heterocycles. The van der Waals surface area contributed by atoms with E-state index in [1.54, 1.807) is 6.07 Å². The van der Waals surface area contributed by atoms with Crippen LogP contribution in [0.2, 0.25) is 0 Å². The van der Waals surface area contributed by atoms with Crippen LogP contribution in [0.15, 0.2) is 36.5 Å². The number of anilines is 2. The summed E-state index contributed by atoms with van der Waals surface area (Å²) in [7, 11) is 0. The maximum atomic E-state index is 13.5. The van der Waals surface area contributed by atoms with Crippen molar-refractivity contribution < 1.29 is 13.6 Å². The first-order valence-corrected chi connectivity index (χ1v) is 6.99. The lowest BCUT2D eigenvalue weighted by Crippen LogP contribution is -2.17. The first-order chi connectivity index (χ1) is 10.5. The van der Waals surface area contributed by atoms with Crippen molar-refractivity contribution in [2.24, 2.45) is 0 Å². The predicted octanol–water partition coefficient (Wildman–Crippen LogP) is 3.82. The number of amides is 1. The number of hydrogen-bond donors (Lipinski definition) is 2. The van der Waals surface area contributed by atoms with Gasteiger partial charge in [0.1, 0.15) is 23.0 Å². The third-order valence-electron chi connectivity index (χ3n) is 3.22. The Morgan fingerprint density at radius 3 is 2.45 bits per heavy atom. The number of rotatable bonds is 5. The minimum atomic E-state index is -0.830. The van der Waals surface area contributed by atoms with Crippen molar-refractivity contribution in [3.8, 4) is 0 Å². The molecule has 1 aromatic carbocycles. The van der Waals surface area contributed by atoms with Crippen molar-refractivity contribution >= 4 is 17.3 Å². The van der Waals surface area contributed by atoms with Crippen molar-refractivity contribution in [2.75, 3.05) is 10.6 Å². The molecule has 116 valence electrons. The van der Waals surface area contributed by atoms with Crippen molar-refractivity contribution in [3.63, 3.8) is 0 Å². The molecule has 22 heavy (non-hydrogen) atoms. The normalized spacial score (nSPS) is 11.8. The van der Waals surface area contributed by atoms with Crippen LogP contribution in [-0.2, 0) is 0 Å². The van der Waals surface area contributed by atoms with Crippen molar-refractivity contribution in [2.45, 2.75) is 26.3 Å². The second-order valence-corrected chi connectivity index (χ2v) is 4.94. The van der Waals surface area contributed by atoms with Gasteiger partial charge >= 0.3 is 0 Å². The molecule has 0 fully saturated rings. The SMILES string of the molecule is CCC(C)Nc1ccc(C(=O)Nc2c(F)cccc2F)nc1. The van der Waals surface area contributed by atoms with Gasteiger partial charge < -0.3 is 10.6 Å². The number of pyridine rings is 1. The highest BCUT2D eigenvalue weighted by molar-refractivity contribution is 6.03. The summed E-state index contributed by atoms with van der Waals surface area (Å²) in [6.45, 7) is 4.08.